The third-order valence-electron chi connectivity index (χ3n) is 4.83. The Morgan fingerprint density at radius 2 is 0.846 bits per heavy atom. The summed E-state index contributed by atoms with van der Waals surface area (Å²) in [5, 5.41) is 0. The van der Waals surface area contributed by atoms with Crippen LogP contribution in [0.3, 0.4) is 0 Å². The van der Waals surface area contributed by atoms with Crippen LogP contribution in [0.5, 0.6) is 0 Å². The van der Waals surface area contributed by atoms with E-state index >= 15 is 0 Å². The van der Waals surface area contributed by atoms with Crippen LogP contribution in [0.25, 0.3) is 11.5 Å². The summed E-state index contributed by atoms with van der Waals surface area (Å²) in [5.41, 5.74) is 2.01. The van der Waals surface area contributed by atoms with Crippen LogP contribution < -0.4 is 0 Å². The van der Waals surface area contributed by atoms with Gasteiger partial charge in [-0.15, -0.1) is 0 Å². The average Bonchev–Trinajstić information content (AvgIpc) is 3.03. The molecule has 1 aliphatic rings. The molecule has 2 aromatic carbocycles. The van der Waals surface area contributed by atoms with Crippen LogP contribution in [0, 0.1) is 0 Å². The molecule has 0 atom stereocenters. The molecular weight excluding hydrogens is 345 g/mol. The fourth-order valence-electron chi connectivity index (χ4n) is 3.53. The van der Waals surface area contributed by atoms with E-state index < -0.39 is 7.51 Å². The van der Waals surface area contributed by atoms with Crippen molar-refractivity contribution in [1.29, 1.82) is 0 Å². The van der Waals surface area contributed by atoms with E-state index in [0.717, 1.165) is 22.6 Å². The van der Waals surface area contributed by atoms with Gasteiger partial charge in [-0.2, -0.15) is 0 Å². The summed E-state index contributed by atoms with van der Waals surface area (Å²) in [4.78, 5) is 0. The molecule has 0 amide bonds. The molecular formula is C20H28N3O2P. The first kappa shape index (κ1) is 18.9. The Kier molecular flexibility index (Phi) is 4.84. The maximum atomic E-state index is 6.84. The Labute approximate surface area is 156 Å². The minimum atomic E-state index is -3.48. The van der Waals surface area contributed by atoms with Crippen LogP contribution in [0.2, 0.25) is 0 Å². The molecule has 5 nitrogen and oxygen atoms in total. The van der Waals surface area contributed by atoms with Crippen molar-refractivity contribution >= 4 is 19.0 Å². The van der Waals surface area contributed by atoms with Gasteiger partial charge in [-0.25, -0.2) is 0 Å². The molecule has 26 heavy (non-hydrogen) atoms. The van der Waals surface area contributed by atoms with Gasteiger partial charge in [0.25, 0.3) is 0 Å². The summed E-state index contributed by atoms with van der Waals surface area (Å²) in [5.74, 6) is 1.54. The van der Waals surface area contributed by atoms with Gasteiger partial charge in [0.1, 0.15) is 0 Å². The Morgan fingerprint density at radius 1 is 0.538 bits per heavy atom. The zero-order valence-corrected chi connectivity index (χ0v) is 17.3. The molecule has 6 heteroatoms. The molecule has 0 unspecified atom stereocenters. The van der Waals surface area contributed by atoms with Crippen molar-refractivity contribution in [2.45, 2.75) is 0 Å². The monoisotopic (exact) mass is 373 g/mol. The molecule has 2 aromatic rings. The van der Waals surface area contributed by atoms with Crippen molar-refractivity contribution in [3.8, 4) is 0 Å². The normalized spacial score (nSPS) is 20.0. The first-order valence-electron chi connectivity index (χ1n) is 8.63. The maximum absolute atomic E-state index is 6.84. The Hall–Kier alpha value is -1.91. The van der Waals surface area contributed by atoms with Gasteiger partial charge in [-0.3, -0.25) is 0 Å². The van der Waals surface area contributed by atoms with E-state index in [4.69, 9.17) is 9.05 Å². The van der Waals surface area contributed by atoms with E-state index in [1.165, 1.54) is 0 Å². The summed E-state index contributed by atoms with van der Waals surface area (Å²) in [6, 6.07) is 20.3. The zero-order valence-electron chi connectivity index (χ0n) is 16.4. The SMILES string of the molecule is CN(C)P1(N(C)C)(N(C)C)OC(c2ccccc2)=C(c2ccccc2)O1. The molecule has 0 spiro atoms. The molecule has 1 heterocycles. The quantitative estimate of drug-likeness (QED) is 0.726. The predicted molar refractivity (Wildman–Crippen MR) is 110 cm³/mol. The van der Waals surface area contributed by atoms with E-state index in [9.17, 15) is 0 Å². The fraction of sp³-hybridized carbons (Fsp3) is 0.300. The van der Waals surface area contributed by atoms with E-state index in [0.29, 0.717) is 0 Å². The molecule has 0 aliphatic carbocycles. The second-order valence-electron chi connectivity index (χ2n) is 6.95. The van der Waals surface area contributed by atoms with E-state index in [-0.39, 0.29) is 0 Å². The van der Waals surface area contributed by atoms with Gasteiger partial charge >= 0.3 is 156 Å². The molecule has 0 aromatic heterocycles. The molecule has 0 saturated carbocycles. The third-order valence-corrected chi connectivity index (χ3v) is 9.94. The fourth-order valence-corrected chi connectivity index (χ4v) is 7.71. The summed E-state index contributed by atoms with van der Waals surface area (Å²) < 4.78 is 19.9. The van der Waals surface area contributed by atoms with Gasteiger partial charge in [0.2, 0.25) is 0 Å². The van der Waals surface area contributed by atoms with Crippen LogP contribution >= 0.6 is 7.51 Å². The van der Waals surface area contributed by atoms with Crippen LogP contribution in [0.4, 0.5) is 0 Å². The summed E-state index contributed by atoms with van der Waals surface area (Å²) >= 11 is 0. The van der Waals surface area contributed by atoms with Gasteiger partial charge in [-0.1, -0.05) is 0 Å². The molecule has 0 radical (unpaired) electrons. The van der Waals surface area contributed by atoms with Gasteiger partial charge in [0.05, 0.1) is 0 Å². The number of benzene rings is 2. The Morgan fingerprint density at radius 3 is 1.12 bits per heavy atom. The Balaban J connectivity index is 2.26. The van der Waals surface area contributed by atoms with Crippen molar-refractivity contribution in [3.05, 3.63) is 71.8 Å². The number of hydrogen-bond acceptors (Lipinski definition) is 5. The van der Waals surface area contributed by atoms with Crippen LogP contribution in [0.15, 0.2) is 60.7 Å². The Bertz CT molecular complexity index is 724. The van der Waals surface area contributed by atoms with Crippen LogP contribution in [0.1, 0.15) is 11.1 Å². The minimum absolute atomic E-state index is 0.769. The number of hydrogen-bond donors (Lipinski definition) is 0. The molecule has 0 saturated heterocycles. The van der Waals surface area contributed by atoms with Crippen molar-refractivity contribution in [3.63, 3.8) is 0 Å². The summed E-state index contributed by atoms with van der Waals surface area (Å²) in [6.45, 7) is 0. The zero-order chi connectivity index (χ0) is 19.0. The van der Waals surface area contributed by atoms with Gasteiger partial charge < -0.3 is 0 Å². The van der Waals surface area contributed by atoms with Crippen molar-refractivity contribution < 1.29 is 9.05 Å². The van der Waals surface area contributed by atoms with Gasteiger partial charge in [-0.05, 0) is 0 Å². The molecule has 0 bridgehead atoms. The molecule has 0 fully saturated rings. The standard InChI is InChI=1S/C20H28N3O2P/c1-21(2)26(22(3)4,23(5)6)24-19(17-13-9-7-10-14-17)20(25-26)18-15-11-8-12-16-18/h7-16H,1-6H3. The third kappa shape index (κ3) is 2.55. The molecule has 0 N–H and O–H groups in total. The van der Waals surface area contributed by atoms with E-state index in [1.807, 2.05) is 78.7 Å². The van der Waals surface area contributed by atoms with Crippen LogP contribution in [-0.2, 0) is 9.05 Å². The van der Waals surface area contributed by atoms with Gasteiger partial charge in [0, 0.05) is 0 Å². The van der Waals surface area contributed by atoms with Crippen molar-refractivity contribution in [1.82, 2.24) is 14.0 Å². The van der Waals surface area contributed by atoms with Crippen molar-refractivity contribution in [2.75, 3.05) is 42.3 Å². The molecule has 1 aliphatic heterocycles. The first-order chi connectivity index (χ1) is 12.3. The summed E-state index contributed by atoms with van der Waals surface area (Å²) in [7, 11) is 8.57. The summed E-state index contributed by atoms with van der Waals surface area (Å²) in [6.07, 6.45) is 0. The second-order valence-corrected chi connectivity index (χ2v) is 11.4. The average molecular weight is 373 g/mol. The first-order valence-corrected chi connectivity index (χ1v) is 10.6. The van der Waals surface area contributed by atoms with E-state index in [1.54, 1.807) is 0 Å². The number of nitrogens with zero attached hydrogens (tertiary/aromatic N) is 3. The van der Waals surface area contributed by atoms with E-state index in [2.05, 4.69) is 38.3 Å². The van der Waals surface area contributed by atoms with Crippen LogP contribution in [-0.4, -0.2) is 56.3 Å². The number of rotatable bonds is 5. The topological polar surface area (TPSA) is 28.2 Å². The second kappa shape index (κ2) is 6.67. The van der Waals surface area contributed by atoms with Crippen molar-refractivity contribution in [2.24, 2.45) is 0 Å². The van der Waals surface area contributed by atoms with Gasteiger partial charge in [0.15, 0.2) is 0 Å². The molecule has 3 rings (SSSR count). The predicted octanol–water partition coefficient (Wildman–Crippen LogP) is 4.37. The molecule has 140 valence electrons.